The highest BCUT2D eigenvalue weighted by molar-refractivity contribution is 8.00. The van der Waals surface area contributed by atoms with E-state index in [0.717, 1.165) is 0 Å². The van der Waals surface area contributed by atoms with E-state index in [0.29, 0.717) is 0 Å². The Kier molecular flexibility index (Phi) is 5.31. The lowest BCUT2D eigenvalue weighted by Gasteiger charge is -2.19. The van der Waals surface area contributed by atoms with Gasteiger partial charge in [-0.25, -0.2) is 0 Å². The summed E-state index contributed by atoms with van der Waals surface area (Å²) in [5, 5.41) is 0. The highest BCUT2D eigenvalue weighted by Crippen LogP contribution is 2.32. The van der Waals surface area contributed by atoms with Gasteiger partial charge in [-0.05, 0) is 54.3 Å². The van der Waals surface area contributed by atoms with Crippen LogP contribution in [0.15, 0.2) is 88.0 Å². The second kappa shape index (κ2) is 7.02. The number of rotatable bonds is 4. The minimum Gasteiger partial charge on any atom is -0.0941 e. The van der Waals surface area contributed by atoms with Gasteiger partial charge in [0.2, 0.25) is 0 Å². The molecule has 0 aliphatic rings. The predicted octanol–water partition coefficient (Wildman–Crippen LogP) is 6.11. The Bertz CT molecular complexity index is 643. The molecule has 2 aromatic rings. The van der Waals surface area contributed by atoms with E-state index in [-0.39, 0.29) is 16.3 Å². The van der Waals surface area contributed by atoms with Crippen LogP contribution in [0.25, 0.3) is 0 Å². The van der Waals surface area contributed by atoms with Crippen LogP contribution in [-0.2, 0) is 16.3 Å². The molecule has 0 heterocycles. The summed E-state index contributed by atoms with van der Waals surface area (Å²) in [6, 6.07) is 19.7. The molecule has 0 saturated heterocycles. The van der Waals surface area contributed by atoms with Crippen molar-refractivity contribution >= 4 is 10.9 Å². The van der Waals surface area contributed by atoms with Crippen LogP contribution in [0.1, 0.15) is 33.3 Å². The predicted molar refractivity (Wildman–Crippen MR) is 99.4 cm³/mol. The van der Waals surface area contributed by atoms with E-state index in [4.69, 9.17) is 0 Å². The summed E-state index contributed by atoms with van der Waals surface area (Å²) in [5.74, 6) is 0. The molecule has 1 unspecified atom stereocenters. The first kappa shape index (κ1) is 16.6. The zero-order valence-corrected chi connectivity index (χ0v) is 14.8. The highest BCUT2D eigenvalue weighted by atomic mass is 32.2. The highest BCUT2D eigenvalue weighted by Gasteiger charge is 2.29. The summed E-state index contributed by atoms with van der Waals surface area (Å²) in [4.78, 5) is 3.95. The number of benzene rings is 2. The summed E-state index contributed by atoms with van der Waals surface area (Å²) in [5.41, 5.74) is 1.56. The van der Waals surface area contributed by atoms with Gasteiger partial charge in [-0.1, -0.05) is 57.7 Å². The molecule has 1 heteroatoms. The van der Waals surface area contributed by atoms with Crippen molar-refractivity contribution in [1.29, 1.82) is 0 Å². The van der Waals surface area contributed by atoms with E-state index in [1.54, 1.807) is 0 Å². The standard InChI is InChI=1S/C21H25S/c1-6-18(7-2)22(19-11-9-8-10-12-19)20-15-13-17(14-16-20)21(3,4)5/h6-16H,1H2,2-5H3/q+1/b18-7+. The van der Waals surface area contributed by atoms with Gasteiger partial charge in [0.15, 0.2) is 14.7 Å². The quantitative estimate of drug-likeness (QED) is 0.472. The van der Waals surface area contributed by atoms with Gasteiger partial charge in [0, 0.05) is 0 Å². The Hall–Kier alpha value is -1.73. The van der Waals surface area contributed by atoms with Crippen LogP contribution < -0.4 is 0 Å². The molecule has 2 rings (SSSR count). The molecule has 1 atom stereocenters. The van der Waals surface area contributed by atoms with Gasteiger partial charge < -0.3 is 0 Å². The first-order valence-corrected chi connectivity index (χ1v) is 8.88. The van der Waals surface area contributed by atoms with Gasteiger partial charge in [0.1, 0.15) is 0 Å². The Morgan fingerprint density at radius 1 is 0.909 bits per heavy atom. The molecule has 0 radical (unpaired) electrons. The van der Waals surface area contributed by atoms with Crippen LogP contribution in [0.5, 0.6) is 0 Å². The molecular formula is C21H25S+. The lowest BCUT2D eigenvalue weighted by atomic mass is 9.87. The first-order valence-electron chi connectivity index (χ1n) is 7.66. The van der Waals surface area contributed by atoms with Crippen molar-refractivity contribution < 1.29 is 0 Å². The van der Waals surface area contributed by atoms with Crippen molar-refractivity contribution in [2.75, 3.05) is 0 Å². The summed E-state index contributed by atoms with van der Waals surface area (Å²) in [7, 11) is -0.0811. The third-order valence-electron chi connectivity index (χ3n) is 3.66. The Balaban J connectivity index is 2.48. The zero-order valence-electron chi connectivity index (χ0n) is 14.0. The van der Waals surface area contributed by atoms with Crippen molar-refractivity contribution in [2.24, 2.45) is 0 Å². The maximum Gasteiger partial charge on any atom is 0.166 e. The molecule has 0 fully saturated rings. The largest absolute Gasteiger partial charge is 0.166 e. The minimum absolute atomic E-state index is 0.0811. The third-order valence-corrected chi connectivity index (χ3v) is 6.02. The van der Waals surface area contributed by atoms with E-state index >= 15 is 0 Å². The number of hydrogen-bond donors (Lipinski definition) is 0. The maximum absolute atomic E-state index is 4.00. The van der Waals surface area contributed by atoms with E-state index < -0.39 is 0 Å². The van der Waals surface area contributed by atoms with E-state index in [1.165, 1.54) is 20.3 Å². The maximum atomic E-state index is 4.00. The van der Waals surface area contributed by atoms with Crippen molar-refractivity contribution in [3.63, 3.8) is 0 Å². The lowest BCUT2D eigenvalue weighted by molar-refractivity contribution is 0.589. The fraction of sp³-hybridized carbons (Fsp3) is 0.238. The Morgan fingerprint density at radius 2 is 1.45 bits per heavy atom. The fourth-order valence-electron chi connectivity index (χ4n) is 2.37. The fourth-order valence-corrected chi connectivity index (χ4v) is 4.43. The molecule has 0 aliphatic heterocycles. The topological polar surface area (TPSA) is 0 Å². The van der Waals surface area contributed by atoms with Gasteiger partial charge in [-0.2, -0.15) is 0 Å². The molecule has 0 bridgehead atoms. The van der Waals surface area contributed by atoms with Gasteiger partial charge in [0.25, 0.3) is 0 Å². The van der Waals surface area contributed by atoms with E-state index in [2.05, 4.69) is 94.9 Å². The molecule has 0 amide bonds. The summed E-state index contributed by atoms with van der Waals surface area (Å²) >= 11 is 0. The second-order valence-electron chi connectivity index (χ2n) is 6.29. The van der Waals surface area contributed by atoms with Crippen LogP contribution in [0.3, 0.4) is 0 Å². The average Bonchev–Trinajstić information content (AvgIpc) is 2.52. The molecule has 2 aromatic carbocycles. The Labute approximate surface area is 137 Å². The van der Waals surface area contributed by atoms with Crippen LogP contribution >= 0.6 is 0 Å². The molecule has 0 N–H and O–H groups in total. The monoisotopic (exact) mass is 309 g/mol. The Morgan fingerprint density at radius 3 is 1.91 bits per heavy atom. The summed E-state index contributed by atoms with van der Waals surface area (Å²) in [6.07, 6.45) is 4.15. The number of allylic oxidation sites excluding steroid dienone is 2. The van der Waals surface area contributed by atoms with E-state index in [1.807, 2.05) is 6.08 Å². The van der Waals surface area contributed by atoms with E-state index in [9.17, 15) is 0 Å². The lowest BCUT2D eigenvalue weighted by Crippen LogP contribution is -2.12. The molecule has 0 saturated carbocycles. The number of hydrogen-bond acceptors (Lipinski definition) is 0. The first-order chi connectivity index (χ1) is 10.5. The average molecular weight is 309 g/mol. The summed E-state index contributed by atoms with van der Waals surface area (Å²) in [6.45, 7) is 12.8. The normalized spacial score (nSPS) is 13.7. The molecule has 0 aliphatic carbocycles. The van der Waals surface area contributed by atoms with Gasteiger partial charge in [0.05, 0.1) is 10.9 Å². The molecule has 0 aromatic heterocycles. The zero-order chi connectivity index (χ0) is 16.2. The summed E-state index contributed by atoms with van der Waals surface area (Å²) < 4.78 is 0. The van der Waals surface area contributed by atoms with Gasteiger partial charge in [-0.3, -0.25) is 0 Å². The molecule has 0 spiro atoms. The van der Waals surface area contributed by atoms with Crippen LogP contribution in [-0.4, -0.2) is 0 Å². The van der Waals surface area contributed by atoms with Crippen LogP contribution in [0.4, 0.5) is 0 Å². The van der Waals surface area contributed by atoms with Crippen LogP contribution in [0, 0.1) is 0 Å². The van der Waals surface area contributed by atoms with Gasteiger partial charge in [-0.15, -0.1) is 0 Å². The SMILES string of the molecule is C=C/C(=C\C)[S+](c1ccccc1)c1ccc(C(C)(C)C)cc1. The smallest absolute Gasteiger partial charge is 0.0941 e. The van der Waals surface area contributed by atoms with Crippen molar-refractivity contribution in [3.8, 4) is 0 Å². The molecule has 22 heavy (non-hydrogen) atoms. The van der Waals surface area contributed by atoms with Crippen molar-refractivity contribution in [2.45, 2.75) is 42.9 Å². The van der Waals surface area contributed by atoms with Crippen molar-refractivity contribution in [3.05, 3.63) is 83.8 Å². The molecule has 0 nitrogen and oxygen atoms in total. The minimum atomic E-state index is -0.0811. The van der Waals surface area contributed by atoms with Gasteiger partial charge >= 0.3 is 0 Å². The third kappa shape index (κ3) is 3.72. The van der Waals surface area contributed by atoms with Crippen molar-refractivity contribution in [1.82, 2.24) is 0 Å². The molecular weight excluding hydrogens is 284 g/mol. The second-order valence-corrected chi connectivity index (χ2v) is 8.32. The van der Waals surface area contributed by atoms with Crippen LogP contribution in [0.2, 0.25) is 0 Å². The molecule has 114 valence electrons.